The number of nitrogens with one attached hydrogen (secondary N) is 1. The molecule has 2 aromatic heterocycles. The number of rotatable bonds is 7. The molecule has 0 saturated carbocycles. The normalized spacial score (nSPS) is 13.1. The summed E-state index contributed by atoms with van der Waals surface area (Å²) in [5.74, 6) is 0.643. The van der Waals surface area contributed by atoms with Gasteiger partial charge < -0.3 is 20.7 Å². The summed E-state index contributed by atoms with van der Waals surface area (Å²) in [7, 11) is 0. The lowest BCUT2D eigenvalue weighted by molar-refractivity contribution is 0.122. The minimum absolute atomic E-state index is 0.0299. The summed E-state index contributed by atoms with van der Waals surface area (Å²) in [5, 5.41) is 22.7. The Kier molecular flexibility index (Phi) is 7.17. The van der Waals surface area contributed by atoms with Crippen LogP contribution in [0.1, 0.15) is 17.0 Å². The highest BCUT2D eigenvalue weighted by Gasteiger charge is 2.15. The number of ether oxygens (including phenoxy) is 1. The fourth-order valence-corrected chi connectivity index (χ4v) is 4.86. The van der Waals surface area contributed by atoms with Crippen molar-refractivity contribution in [2.75, 3.05) is 42.3 Å². The highest BCUT2D eigenvalue weighted by Crippen LogP contribution is 2.28. The first-order chi connectivity index (χ1) is 18.1. The van der Waals surface area contributed by atoms with E-state index in [1.165, 1.54) is 17.4 Å². The van der Waals surface area contributed by atoms with Gasteiger partial charge >= 0.3 is 0 Å². The number of hydrogen-bond acceptors (Lipinski definition) is 10. The monoisotopic (exact) mass is 509 g/mol. The fraction of sp³-hybridized carbons (Fsp3) is 0.192. The quantitative estimate of drug-likeness (QED) is 0.353. The molecule has 10 nitrogen and oxygen atoms in total. The van der Waals surface area contributed by atoms with Crippen molar-refractivity contribution in [2.24, 2.45) is 0 Å². The summed E-state index contributed by atoms with van der Waals surface area (Å²) in [6, 6.07) is 21.8. The molecule has 184 valence electrons. The van der Waals surface area contributed by atoms with E-state index in [0.717, 1.165) is 47.5 Å². The van der Waals surface area contributed by atoms with Crippen LogP contribution in [0, 0.1) is 22.7 Å². The Morgan fingerprint density at radius 1 is 1.03 bits per heavy atom. The zero-order valence-corrected chi connectivity index (χ0v) is 20.6. The second-order valence-electron chi connectivity index (χ2n) is 8.22. The van der Waals surface area contributed by atoms with Crippen molar-refractivity contribution in [3.8, 4) is 12.1 Å². The Labute approximate surface area is 218 Å². The highest BCUT2D eigenvalue weighted by molar-refractivity contribution is 7.99. The van der Waals surface area contributed by atoms with Gasteiger partial charge in [-0.2, -0.15) is 10.5 Å². The smallest absolute Gasteiger partial charge is 0.228 e. The Morgan fingerprint density at radius 3 is 2.59 bits per heavy atom. The molecule has 0 bridgehead atoms. The number of benzene rings is 2. The van der Waals surface area contributed by atoms with E-state index < -0.39 is 0 Å². The lowest BCUT2D eigenvalue weighted by Crippen LogP contribution is -2.36. The third kappa shape index (κ3) is 5.64. The van der Waals surface area contributed by atoms with Gasteiger partial charge in [0.05, 0.1) is 19.8 Å². The maximum absolute atomic E-state index is 9.43. The Hall–Kier alpha value is -4.58. The molecule has 0 amide bonds. The van der Waals surface area contributed by atoms with Crippen LogP contribution in [0.3, 0.4) is 0 Å². The minimum atomic E-state index is 0.0299. The van der Waals surface area contributed by atoms with E-state index in [1.54, 1.807) is 10.8 Å². The van der Waals surface area contributed by atoms with Crippen LogP contribution >= 0.6 is 11.8 Å². The average molecular weight is 510 g/mol. The second-order valence-corrected chi connectivity index (χ2v) is 9.31. The molecule has 1 saturated heterocycles. The maximum Gasteiger partial charge on any atom is 0.228 e. The summed E-state index contributed by atoms with van der Waals surface area (Å²) in [5.41, 5.74) is 9.12. The second kappa shape index (κ2) is 11.0. The Balaban J connectivity index is 1.27. The topological polar surface area (TPSA) is 142 Å². The molecule has 11 heteroatoms. The van der Waals surface area contributed by atoms with Crippen molar-refractivity contribution >= 4 is 35.0 Å². The summed E-state index contributed by atoms with van der Waals surface area (Å²) in [6.07, 6.45) is 1.72. The molecule has 3 N–H and O–H groups in total. The molecule has 0 atom stereocenters. The molecular weight excluding hydrogens is 486 g/mol. The van der Waals surface area contributed by atoms with E-state index in [-0.39, 0.29) is 17.3 Å². The number of nitrogens with zero attached hydrogens (tertiary/aromatic N) is 7. The standard InChI is InChI=1S/C26H23N9OS/c27-15-22-23(16-28)35(25(29)32-22)17-18-2-1-3-21(14-18)37-24-8-9-30-26(33-24)31-19-4-6-20(7-5-19)34-10-12-36-13-11-34/h1-9,14H,10-13,17H2,(H2,29,32)(H,30,31,33). The summed E-state index contributed by atoms with van der Waals surface area (Å²) in [6.45, 7) is 3.62. The molecule has 4 aromatic rings. The first-order valence-electron chi connectivity index (χ1n) is 11.6. The molecule has 0 spiro atoms. The third-order valence-electron chi connectivity index (χ3n) is 5.80. The van der Waals surface area contributed by atoms with Gasteiger partial charge in [0.15, 0.2) is 11.4 Å². The maximum atomic E-state index is 9.43. The van der Waals surface area contributed by atoms with Gasteiger partial charge in [0, 0.05) is 35.6 Å². The summed E-state index contributed by atoms with van der Waals surface area (Å²) >= 11 is 1.50. The number of nitrogens with two attached hydrogens (primary N) is 1. The van der Waals surface area contributed by atoms with Crippen LogP contribution in [0.4, 0.5) is 23.3 Å². The van der Waals surface area contributed by atoms with Crippen molar-refractivity contribution in [1.82, 2.24) is 19.5 Å². The first-order valence-corrected chi connectivity index (χ1v) is 12.4. The number of aromatic nitrogens is 4. The summed E-state index contributed by atoms with van der Waals surface area (Å²) in [4.78, 5) is 16.3. The molecule has 3 heterocycles. The van der Waals surface area contributed by atoms with Crippen molar-refractivity contribution in [1.29, 1.82) is 10.5 Å². The SMILES string of the molecule is N#Cc1nc(N)n(Cc2cccc(Sc3ccnc(Nc4ccc(N5CCOCC5)cc4)n3)c2)c1C#N. The van der Waals surface area contributed by atoms with Gasteiger partial charge in [-0.3, -0.25) is 4.57 Å². The zero-order valence-electron chi connectivity index (χ0n) is 19.8. The molecule has 1 aliphatic rings. The molecule has 0 radical (unpaired) electrons. The van der Waals surface area contributed by atoms with E-state index in [1.807, 2.05) is 54.6 Å². The van der Waals surface area contributed by atoms with Crippen LogP contribution in [-0.4, -0.2) is 45.8 Å². The number of nitrogen functional groups attached to an aromatic ring is 1. The van der Waals surface area contributed by atoms with Gasteiger partial charge in [0.1, 0.15) is 17.2 Å². The number of hydrogen-bond donors (Lipinski definition) is 2. The summed E-state index contributed by atoms with van der Waals surface area (Å²) < 4.78 is 6.97. The molecule has 0 aliphatic carbocycles. The molecule has 1 fully saturated rings. The van der Waals surface area contributed by atoms with Gasteiger partial charge in [-0.15, -0.1) is 0 Å². The van der Waals surface area contributed by atoms with E-state index in [9.17, 15) is 10.5 Å². The van der Waals surface area contributed by atoms with Crippen molar-refractivity contribution in [3.05, 3.63) is 77.7 Å². The molecule has 1 aliphatic heterocycles. The Bertz CT molecular complexity index is 1480. The average Bonchev–Trinajstić information content (AvgIpc) is 3.24. The number of imidazole rings is 1. The van der Waals surface area contributed by atoms with Crippen molar-refractivity contribution < 1.29 is 4.74 Å². The minimum Gasteiger partial charge on any atom is -0.378 e. The number of nitriles is 2. The predicted molar refractivity (Wildman–Crippen MR) is 141 cm³/mol. The van der Waals surface area contributed by atoms with Gasteiger partial charge in [-0.25, -0.2) is 15.0 Å². The highest BCUT2D eigenvalue weighted by atomic mass is 32.2. The molecule has 37 heavy (non-hydrogen) atoms. The van der Waals surface area contributed by atoms with Crippen molar-refractivity contribution in [3.63, 3.8) is 0 Å². The van der Waals surface area contributed by atoms with Crippen LogP contribution in [0.25, 0.3) is 0 Å². The van der Waals surface area contributed by atoms with Gasteiger partial charge in [0.25, 0.3) is 0 Å². The van der Waals surface area contributed by atoms with Gasteiger partial charge in [0.2, 0.25) is 11.9 Å². The molecule has 0 unspecified atom stereocenters. The lowest BCUT2D eigenvalue weighted by Gasteiger charge is -2.28. The van der Waals surface area contributed by atoms with Crippen LogP contribution in [0.5, 0.6) is 0 Å². The molecular formula is C26H23N9OS. The molecule has 2 aromatic carbocycles. The Morgan fingerprint density at radius 2 is 1.84 bits per heavy atom. The fourth-order valence-electron chi connectivity index (χ4n) is 4.00. The van der Waals surface area contributed by atoms with Crippen LogP contribution < -0.4 is 16.0 Å². The zero-order chi connectivity index (χ0) is 25.6. The largest absolute Gasteiger partial charge is 0.378 e. The molecule has 5 rings (SSSR count). The third-order valence-corrected chi connectivity index (χ3v) is 6.73. The van der Waals surface area contributed by atoms with Crippen LogP contribution in [0.2, 0.25) is 0 Å². The number of anilines is 4. The van der Waals surface area contributed by atoms with E-state index >= 15 is 0 Å². The first kappa shape index (κ1) is 24.1. The van der Waals surface area contributed by atoms with Crippen LogP contribution in [-0.2, 0) is 11.3 Å². The van der Waals surface area contributed by atoms with Gasteiger partial charge in [-0.05, 0) is 48.0 Å². The van der Waals surface area contributed by atoms with E-state index in [0.29, 0.717) is 12.5 Å². The van der Waals surface area contributed by atoms with E-state index in [2.05, 4.69) is 37.3 Å². The predicted octanol–water partition coefficient (Wildman–Crippen LogP) is 3.78. The van der Waals surface area contributed by atoms with Crippen molar-refractivity contribution in [2.45, 2.75) is 16.5 Å². The van der Waals surface area contributed by atoms with Gasteiger partial charge in [-0.1, -0.05) is 23.9 Å². The van der Waals surface area contributed by atoms with Crippen LogP contribution in [0.15, 0.2) is 70.7 Å². The number of morpholine rings is 1. The van der Waals surface area contributed by atoms with E-state index in [4.69, 9.17) is 10.5 Å². The lowest BCUT2D eigenvalue weighted by atomic mass is 10.2.